The van der Waals surface area contributed by atoms with Gasteiger partial charge in [0.2, 0.25) is 0 Å². The highest BCUT2D eigenvalue weighted by Gasteiger charge is 2.14. The van der Waals surface area contributed by atoms with Gasteiger partial charge in [-0.25, -0.2) is 0 Å². The molecule has 0 amide bonds. The van der Waals surface area contributed by atoms with Gasteiger partial charge in [0.1, 0.15) is 0 Å². The molecule has 0 fully saturated rings. The van der Waals surface area contributed by atoms with Crippen LogP contribution in [0.4, 0.5) is 0 Å². The Hall–Kier alpha value is -1.81. The van der Waals surface area contributed by atoms with Gasteiger partial charge in [-0.1, -0.05) is 75.4 Å². The van der Waals surface area contributed by atoms with Crippen molar-refractivity contribution >= 4 is 44.7 Å². The van der Waals surface area contributed by atoms with Crippen LogP contribution in [0.2, 0.25) is 0 Å². The fraction of sp³-hybridized carbons (Fsp3) is 0.182. The van der Waals surface area contributed by atoms with E-state index >= 15 is 0 Å². The van der Waals surface area contributed by atoms with Crippen LogP contribution in [0.15, 0.2) is 66.7 Å². The molecule has 0 N–H and O–H groups in total. The van der Waals surface area contributed by atoms with Crippen LogP contribution in [0.1, 0.15) is 26.3 Å². The maximum atomic E-state index is 2.40. The zero-order valence-corrected chi connectivity index (χ0v) is 16.3. The van der Waals surface area contributed by atoms with Gasteiger partial charge in [-0.05, 0) is 34.2 Å². The van der Waals surface area contributed by atoms with E-state index in [0.29, 0.717) is 0 Å². The second-order valence-electron chi connectivity index (χ2n) is 7.36. The van der Waals surface area contributed by atoms with E-state index in [9.17, 15) is 0 Å². The van der Waals surface area contributed by atoms with Crippen LogP contribution in [0.5, 0.6) is 0 Å². The second-order valence-corrected chi connectivity index (χ2v) is 8.32. The van der Waals surface area contributed by atoms with E-state index < -0.39 is 0 Å². The van der Waals surface area contributed by atoms with Crippen LogP contribution in [0.3, 0.4) is 0 Å². The molecule has 1 aromatic heterocycles. The van der Waals surface area contributed by atoms with Gasteiger partial charge in [0.05, 0.1) is 33.9 Å². The lowest BCUT2D eigenvalue weighted by Gasteiger charge is -2.19. The normalized spacial score (nSPS) is 12.2. The van der Waals surface area contributed by atoms with Crippen LogP contribution in [-0.2, 0) is 5.41 Å². The van der Waals surface area contributed by atoms with Crippen molar-refractivity contribution in [2.45, 2.75) is 26.2 Å². The van der Waals surface area contributed by atoms with E-state index in [4.69, 9.17) is 0 Å². The summed E-state index contributed by atoms with van der Waals surface area (Å²) in [5.74, 6) is 0. The first kappa shape index (κ1) is 15.7. The van der Waals surface area contributed by atoms with Crippen LogP contribution in [0, 0.1) is 0 Å². The van der Waals surface area contributed by atoms with Crippen molar-refractivity contribution in [3.63, 3.8) is 0 Å². The smallest absolute Gasteiger partial charge is 0.0646 e. The van der Waals surface area contributed by atoms with E-state index in [1.807, 2.05) is 0 Å². The highest BCUT2D eigenvalue weighted by Crippen LogP contribution is 2.34. The van der Waals surface area contributed by atoms with Crippen LogP contribution in [-0.4, -0.2) is 2.78 Å². The molecule has 0 atom stereocenters. The van der Waals surface area contributed by atoms with Gasteiger partial charge in [0, 0.05) is 10.8 Å². The lowest BCUT2D eigenvalue weighted by atomic mass is 9.86. The molecule has 0 aliphatic heterocycles. The summed E-state index contributed by atoms with van der Waals surface area (Å²) >= 11 is 2.40. The topological polar surface area (TPSA) is 4.93 Å². The average molecular weight is 425 g/mol. The number of halogens is 1. The third kappa shape index (κ3) is 2.53. The maximum absolute atomic E-state index is 2.40. The molecule has 24 heavy (non-hydrogen) atoms. The first-order valence-corrected chi connectivity index (χ1v) is 9.22. The zero-order chi connectivity index (χ0) is 16.9. The molecule has 0 aliphatic rings. The van der Waals surface area contributed by atoms with Gasteiger partial charge in [-0.2, -0.15) is 0 Å². The molecule has 0 spiro atoms. The van der Waals surface area contributed by atoms with Gasteiger partial charge in [-0.15, -0.1) is 0 Å². The summed E-state index contributed by atoms with van der Waals surface area (Å²) in [5.41, 5.74) is 6.64. The molecular formula is C22H20IN. The predicted molar refractivity (Wildman–Crippen MR) is 113 cm³/mol. The summed E-state index contributed by atoms with van der Waals surface area (Å²) < 4.78 is 2.26. The van der Waals surface area contributed by atoms with E-state index in [1.54, 1.807) is 0 Å². The van der Waals surface area contributed by atoms with Crippen LogP contribution >= 0.6 is 22.9 Å². The summed E-state index contributed by atoms with van der Waals surface area (Å²) in [6.07, 6.45) is 0. The molecule has 0 bridgehead atoms. The molecule has 1 heterocycles. The molecular weight excluding hydrogens is 405 g/mol. The van der Waals surface area contributed by atoms with Gasteiger partial charge in [0.25, 0.3) is 0 Å². The van der Waals surface area contributed by atoms with E-state index in [-0.39, 0.29) is 5.41 Å². The maximum Gasteiger partial charge on any atom is 0.0646 e. The molecule has 120 valence electrons. The number of hydrogen-bond acceptors (Lipinski definition) is 0. The number of aromatic nitrogens is 1. The predicted octanol–water partition coefficient (Wildman–Crippen LogP) is 6.96. The Balaban J connectivity index is 1.86. The van der Waals surface area contributed by atoms with Crippen molar-refractivity contribution in [1.82, 2.24) is 2.78 Å². The van der Waals surface area contributed by atoms with Crippen LogP contribution in [0.25, 0.3) is 32.9 Å². The Labute approximate surface area is 156 Å². The minimum Gasteiger partial charge on any atom is -0.282 e. The van der Waals surface area contributed by atoms with Crippen molar-refractivity contribution < 1.29 is 0 Å². The molecule has 2 heteroatoms. The fourth-order valence-electron chi connectivity index (χ4n) is 3.27. The molecule has 4 rings (SSSR count). The highest BCUT2D eigenvalue weighted by molar-refractivity contribution is 14.1. The summed E-state index contributed by atoms with van der Waals surface area (Å²) in [5, 5.41) is 2.63. The van der Waals surface area contributed by atoms with Gasteiger partial charge in [0.15, 0.2) is 0 Å². The summed E-state index contributed by atoms with van der Waals surface area (Å²) in [6.45, 7) is 6.76. The van der Waals surface area contributed by atoms with Crippen molar-refractivity contribution in [2.24, 2.45) is 0 Å². The third-order valence-electron chi connectivity index (χ3n) is 4.70. The minimum absolute atomic E-state index is 0.192. The van der Waals surface area contributed by atoms with Gasteiger partial charge >= 0.3 is 0 Å². The Morgan fingerprint density at radius 1 is 0.708 bits per heavy atom. The molecule has 0 radical (unpaired) electrons. The Kier molecular flexibility index (Phi) is 3.68. The fourth-order valence-corrected chi connectivity index (χ4v) is 4.09. The van der Waals surface area contributed by atoms with Crippen molar-refractivity contribution in [3.8, 4) is 11.1 Å². The van der Waals surface area contributed by atoms with Crippen LogP contribution < -0.4 is 0 Å². The monoisotopic (exact) mass is 425 g/mol. The summed E-state index contributed by atoms with van der Waals surface area (Å²) in [7, 11) is 0. The molecule has 1 nitrogen and oxygen atoms in total. The lowest BCUT2D eigenvalue weighted by Crippen LogP contribution is -2.10. The third-order valence-corrected chi connectivity index (χ3v) is 5.74. The number of rotatable bonds is 1. The lowest BCUT2D eigenvalue weighted by molar-refractivity contribution is 0.590. The molecule has 0 saturated carbocycles. The number of para-hydroxylation sites is 1. The first-order chi connectivity index (χ1) is 11.4. The second kappa shape index (κ2) is 5.62. The van der Waals surface area contributed by atoms with Crippen molar-refractivity contribution in [3.05, 3.63) is 72.3 Å². The average Bonchev–Trinajstić information content (AvgIpc) is 2.87. The quantitative estimate of drug-likeness (QED) is 0.291. The van der Waals surface area contributed by atoms with Crippen molar-refractivity contribution in [1.29, 1.82) is 0 Å². The van der Waals surface area contributed by atoms with Gasteiger partial charge < -0.3 is 0 Å². The molecule has 3 aromatic carbocycles. The van der Waals surface area contributed by atoms with E-state index in [1.165, 1.54) is 38.5 Å². The standard InChI is InChI=1S/C22H20IN/c1-22(2,3)17-11-8-15(9-12-17)16-10-13-19-18-6-4-5-7-20(18)24(23)21(19)14-16/h4-14H,1-3H3. The first-order valence-electron chi connectivity index (χ1n) is 8.25. The summed E-state index contributed by atoms with van der Waals surface area (Å²) in [6, 6.07) is 24.3. The number of nitrogens with zero attached hydrogens (tertiary/aromatic N) is 1. The molecule has 0 unspecified atom stereocenters. The molecule has 0 saturated heterocycles. The Bertz CT molecular complexity index is 1030. The van der Waals surface area contributed by atoms with E-state index in [2.05, 4.69) is 113 Å². The van der Waals surface area contributed by atoms with Crippen molar-refractivity contribution in [2.75, 3.05) is 0 Å². The Morgan fingerprint density at radius 3 is 2.04 bits per heavy atom. The Morgan fingerprint density at radius 2 is 1.33 bits per heavy atom. The number of hydrogen-bond donors (Lipinski definition) is 0. The highest BCUT2D eigenvalue weighted by atomic mass is 127. The minimum atomic E-state index is 0.192. The van der Waals surface area contributed by atoms with E-state index in [0.717, 1.165) is 0 Å². The SMILES string of the molecule is CC(C)(C)c1ccc(-c2ccc3c4ccccc4n(I)c3c2)cc1. The molecule has 0 aliphatic carbocycles. The number of benzene rings is 3. The zero-order valence-electron chi connectivity index (χ0n) is 14.2. The van der Waals surface area contributed by atoms with Gasteiger partial charge in [-0.3, -0.25) is 2.78 Å². The molecule has 4 aromatic rings. The summed E-state index contributed by atoms with van der Waals surface area (Å²) in [4.78, 5) is 0. The largest absolute Gasteiger partial charge is 0.282 e. The number of fused-ring (bicyclic) bond motifs is 3.